The van der Waals surface area contributed by atoms with Gasteiger partial charge in [-0.1, -0.05) is 84.9 Å². The lowest BCUT2D eigenvalue weighted by Gasteiger charge is -2.29. The standard InChI is InChI=1S/C36H39N7O2/c1-24(28-16-8-11-25-10-2-3-13-29(25)28)43-34(45)36(39,19-9-21-42-35(37)38)33(44)32-18-17-26(30-14-4-5-15-31(30)32)22-40-23-27-12-6-7-20-41-27/h2-8,10-18,20,24,40H,9,19,21-23,39H2,1H3,(H,43,45)(H4,37,38,42)/t24-,36+/m0/s1. The molecule has 0 bridgehead atoms. The van der Waals surface area contributed by atoms with Gasteiger partial charge in [0.15, 0.2) is 17.3 Å². The Labute approximate surface area is 262 Å². The van der Waals surface area contributed by atoms with Crippen molar-refractivity contribution in [1.29, 1.82) is 0 Å². The summed E-state index contributed by atoms with van der Waals surface area (Å²) in [7, 11) is 0. The Bertz CT molecular complexity index is 1830. The first-order valence-electron chi connectivity index (χ1n) is 15.1. The molecular weight excluding hydrogens is 562 g/mol. The average molecular weight is 602 g/mol. The second-order valence-corrected chi connectivity index (χ2v) is 11.2. The number of nitrogens with zero attached hydrogens (tertiary/aromatic N) is 2. The van der Waals surface area contributed by atoms with E-state index in [-0.39, 0.29) is 18.9 Å². The molecule has 0 aliphatic heterocycles. The van der Waals surface area contributed by atoms with E-state index in [2.05, 4.69) is 20.6 Å². The van der Waals surface area contributed by atoms with E-state index in [1.165, 1.54) is 0 Å². The first kappa shape index (κ1) is 31.3. The predicted molar refractivity (Wildman–Crippen MR) is 180 cm³/mol. The number of nitrogens with one attached hydrogen (secondary N) is 2. The van der Waals surface area contributed by atoms with E-state index in [9.17, 15) is 9.59 Å². The number of ketones is 1. The van der Waals surface area contributed by atoms with Crippen molar-refractivity contribution in [1.82, 2.24) is 15.6 Å². The Hall–Kier alpha value is -5.12. The summed E-state index contributed by atoms with van der Waals surface area (Å²) in [5.41, 5.74) is 19.3. The number of benzene rings is 4. The minimum absolute atomic E-state index is 0.0540. The zero-order chi connectivity index (χ0) is 31.8. The highest BCUT2D eigenvalue weighted by Crippen LogP contribution is 2.29. The third kappa shape index (κ3) is 7.17. The summed E-state index contributed by atoms with van der Waals surface area (Å²) >= 11 is 0. The Morgan fingerprint density at radius 2 is 1.56 bits per heavy atom. The molecule has 0 spiro atoms. The average Bonchev–Trinajstić information content (AvgIpc) is 3.06. The van der Waals surface area contributed by atoms with Gasteiger partial charge in [-0.05, 0) is 64.6 Å². The minimum Gasteiger partial charge on any atom is -0.370 e. The largest absolute Gasteiger partial charge is 0.370 e. The number of carbonyl (C=O) groups is 2. The molecule has 230 valence electrons. The zero-order valence-corrected chi connectivity index (χ0v) is 25.4. The van der Waals surface area contributed by atoms with Gasteiger partial charge >= 0.3 is 0 Å². The second-order valence-electron chi connectivity index (χ2n) is 11.2. The van der Waals surface area contributed by atoms with Gasteiger partial charge in [0.1, 0.15) is 0 Å². The lowest BCUT2D eigenvalue weighted by Crippen LogP contribution is -2.60. The number of aromatic nitrogens is 1. The Morgan fingerprint density at radius 1 is 0.844 bits per heavy atom. The normalized spacial score (nSPS) is 13.2. The number of pyridine rings is 1. The molecule has 45 heavy (non-hydrogen) atoms. The van der Waals surface area contributed by atoms with Gasteiger partial charge in [-0.15, -0.1) is 0 Å². The molecule has 0 radical (unpaired) electrons. The van der Waals surface area contributed by atoms with Crippen LogP contribution in [0.5, 0.6) is 0 Å². The van der Waals surface area contributed by atoms with Crippen molar-refractivity contribution in [3.05, 3.63) is 126 Å². The van der Waals surface area contributed by atoms with Gasteiger partial charge in [0, 0.05) is 31.4 Å². The van der Waals surface area contributed by atoms with E-state index >= 15 is 0 Å². The number of hydrogen-bond acceptors (Lipinski definition) is 6. The maximum absolute atomic E-state index is 14.4. The fraction of sp³-hybridized carbons (Fsp3) is 0.222. The summed E-state index contributed by atoms with van der Waals surface area (Å²) in [4.78, 5) is 36.8. The molecule has 2 atom stereocenters. The Morgan fingerprint density at radius 3 is 2.31 bits per heavy atom. The van der Waals surface area contributed by atoms with Gasteiger partial charge in [-0.3, -0.25) is 19.6 Å². The van der Waals surface area contributed by atoms with Crippen molar-refractivity contribution in [2.24, 2.45) is 22.2 Å². The highest BCUT2D eigenvalue weighted by molar-refractivity contribution is 6.22. The molecule has 0 aliphatic carbocycles. The highest BCUT2D eigenvalue weighted by Gasteiger charge is 2.43. The van der Waals surface area contributed by atoms with Crippen LogP contribution in [0.4, 0.5) is 0 Å². The maximum Gasteiger partial charge on any atom is 0.248 e. The molecule has 0 saturated carbocycles. The van der Waals surface area contributed by atoms with Gasteiger partial charge in [-0.25, -0.2) is 0 Å². The van der Waals surface area contributed by atoms with E-state index in [1.54, 1.807) is 12.3 Å². The van der Waals surface area contributed by atoms with Crippen molar-refractivity contribution in [2.45, 2.75) is 44.4 Å². The summed E-state index contributed by atoms with van der Waals surface area (Å²) in [5.74, 6) is -1.07. The third-order valence-corrected chi connectivity index (χ3v) is 8.08. The molecule has 5 rings (SSSR count). The monoisotopic (exact) mass is 601 g/mol. The third-order valence-electron chi connectivity index (χ3n) is 8.08. The smallest absolute Gasteiger partial charge is 0.248 e. The number of amides is 1. The van der Waals surface area contributed by atoms with E-state index in [1.807, 2.05) is 97.9 Å². The molecule has 9 nitrogen and oxygen atoms in total. The van der Waals surface area contributed by atoms with Crippen LogP contribution in [0.1, 0.15) is 53.0 Å². The van der Waals surface area contributed by atoms with E-state index in [4.69, 9.17) is 17.2 Å². The topological polar surface area (TPSA) is 162 Å². The van der Waals surface area contributed by atoms with Gasteiger partial charge in [-0.2, -0.15) is 0 Å². The lowest BCUT2D eigenvalue weighted by molar-refractivity contribution is -0.125. The fourth-order valence-corrected chi connectivity index (χ4v) is 5.71. The molecule has 1 aromatic heterocycles. The maximum atomic E-state index is 14.4. The first-order valence-corrected chi connectivity index (χ1v) is 15.1. The molecule has 1 amide bonds. The quantitative estimate of drug-likeness (QED) is 0.0437. The number of rotatable bonds is 13. The van der Waals surface area contributed by atoms with E-state index in [0.29, 0.717) is 25.1 Å². The summed E-state index contributed by atoms with van der Waals surface area (Å²) in [6, 6.07) is 30.7. The zero-order valence-electron chi connectivity index (χ0n) is 25.4. The molecule has 1 heterocycles. The van der Waals surface area contributed by atoms with Crippen LogP contribution in [0.2, 0.25) is 0 Å². The van der Waals surface area contributed by atoms with Gasteiger partial charge < -0.3 is 27.8 Å². The highest BCUT2D eigenvalue weighted by atomic mass is 16.2. The number of Topliss-reactive ketones (excluding diaryl/α,β-unsaturated/α-hetero) is 1. The summed E-state index contributed by atoms with van der Waals surface area (Å²) < 4.78 is 0. The van der Waals surface area contributed by atoms with Crippen LogP contribution in [-0.4, -0.2) is 34.7 Å². The molecule has 0 aliphatic rings. The van der Waals surface area contributed by atoms with Crippen LogP contribution in [0, 0.1) is 0 Å². The number of guanidine groups is 1. The first-order chi connectivity index (χ1) is 21.8. The fourth-order valence-electron chi connectivity index (χ4n) is 5.71. The van der Waals surface area contributed by atoms with E-state index < -0.39 is 23.3 Å². The summed E-state index contributed by atoms with van der Waals surface area (Å²) in [5, 5.41) is 10.2. The van der Waals surface area contributed by atoms with Gasteiger partial charge in [0.2, 0.25) is 5.91 Å². The Kier molecular flexibility index (Phi) is 9.82. The lowest BCUT2D eigenvalue weighted by atomic mass is 9.82. The SMILES string of the molecule is C[C@H](NC(=O)[C@@](N)(CCCN=C(N)N)C(=O)c1ccc(CNCc2ccccn2)c2ccccc12)c1cccc2ccccc12. The minimum atomic E-state index is -1.86. The van der Waals surface area contributed by atoms with Crippen LogP contribution in [0.3, 0.4) is 0 Å². The van der Waals surface area contributed by atoms with Crippen molar-refractivity contribution in [3.63, 3.8) is 0 Å². The molecule has 0 saturated heterocycles. The van der Waals surface area contributed by atoms with E-state index in [0.717, 1.165) is 38.4 Å². The molecule has 4 aromatic carbocycles. The molecule has 0 unspecified atom stereocenters. The molecule has 9 heteroatoms. The number of hydrogen-bond donors (Lipinski definition) is 5. The van der Waals surface area contributed by atoms with Crippen LogP contribution < -0.4 is 27.8 Å². The molecule has 0 fully saturated rings. The van der Waals surface area contributed by atoms with Crippen LogP contribution in [0.25, 0.3) is 21.5 Å². The molecular formula is C36H39N7O2. The van der Waals surface area contributed by atoms with Gasteiger partial charge in [0.05, 0.1) is 11.7 Å². The number of nitrogens with two attached hydrogens (primary N) is 3. The molecule has 8 N–H and O–H groups in total. The summed E-state index contributed by atoms with van der Waals surface area (Å²) in [6.45, 7) is 3.31. The van der Waals surface area contributed by atoms with Crippen molar-refractivity contribution >= 4 is 39.2 Å². The predicted octanol–water partition coefficient (Wildman–Crippen LogP) is 4.49. The molecule has 5 aromatic rings. The number of aliphatic imine (C=N–C) groups is 1. The summed E-state index contributed by atoms with van der Waals surface area (Å²) in [6.07, 6.45) is 2.16. The van der Waals surface area contributed by atoms with Crippen molar-refractivity contribution in [3.8, 4) is 0 Å². The second kappa shape index (κ2) is 14.1. The Balaban J connectivity index is 1.44. The van der Waals surface area contributed by atoms with Crippen molar-refractivity contribution in [2.75, 3.05) is 6.54 Å². The van der Waals surface area contributed by atoms with Crippen LogP contribution >= 0.6 is 0 Å². The van der Waals surface area contributed by atoms with Crippen molar-refractivity contribution < 1.29 is 9.59 Å². The number of carbonyl (C=O) groups excluding carboxylic acids is 2. The van der Waals surface area contributed by atoms with Crippen LogP contribution in [0.15, 0.2) is 108 Å². The van der Waals surface area contributed by atoms with Crippen LogP contribution in [-0.2, 0) is 17.9 Å². The number of fused-ring (bicyclic) bond motifs is 2. The van der Waals surface area contributed by atoms with Gasteiger partial charge in [0.25, 0.3) is 0 Å².